The predicted octanol–water partition coefficient (Wildman–Crippen LogP) is 4.14. The zero-order valence-electron chi connectivity index (χ0n) is 20.0. The van der Waals surface area contributed by atoms with Crippen LogP contribution < -0.4 is 25.4 Å². The van der Waals surface area contributed by atoms with Crippen LogP contribution in [0.4, 0.5) is 11.4 Å². The molecule has 3 amide bonds. The molecule has 4 aromatic rings. The number of nitrogens with two attached hydrogens (primary N) is 1. The number of aromatic nitrogens is 2. The van der Waals surface area contributed by atoms with Crippen LogP contribution in [0.15, 0.2) is 60.7 Å². The SMILES string of the molecule is CC(=O)N1Cc2c(C(N)=O)nn(-c3ccc4c(c3)OCO4)c2-c2cc(NC(=O)c3ccccc3Cl)ccc21. The molecule has 0 radical (unpaired) electrons. The molecule has 0 aliphatic carbocycles. The maximum atomic E-state index is 12.9. The Bertz CT molecular complexity index is 1660. The normalized spacial score (nSPS) is 13.1. The molecule has 3 heterocycles. The third-order valence-electron chi connectivity index (χ3n) is 6.43. The van der Waals surface area contributed by atoms with Gasteiger partial charge in [-0.3, -0.25) is 14.4 Å². The maximum absolute atomic E-state index is 12.9. The summed E-state index contributed by atoms with van der Waals surface area (Å²) in [7, 11) is 0. The Labute approximate surface area is 221 Å². The number of carbonyl (C=O) groups is 3. The monoisotopic (exact) mass is 529 g/mol. The molecule has 6 rings (SSSR count). The molecular weight excluding hydrogens is 510 g/mol. The number of fused-ring (bicyclic) bond motifs is 4. The van der Waals surface area contributed by atoms with Crippen molar-refractivity contribution < 1.29 is 23.9 Å². The minimum Gasteiger partial charge on any atom is -0.454 e. The Hall–Kier alpha value is -4.83. The summed E-state index contributed by atoms with van der Waals surface area (Å²) in [6.07, 6.45) is 0. The maximum Gasteiger partial charge on any atom is 0.269 e. The van der Waals surface area contributed by atoms with E-state index in [2.05, 4.69) is 10.4 Å². The zero-order valence-corrected chi connectivity index (χ0v) is 20.8. The number of primary amides is 1. The molecule has 3 N–H and O–H groups in total. The summed E-state index contributed by atoms with van der Waals surface area (Å²) in [5.74, 6) is -0.212. The predicted molar refractivity (Wildman–Crippen MR) is 140 cm³/mol. The van der Waals surface area contributed by atoms with Crippen LogP contribution in [0.2, 0.25) is 5.02 Å². The largest absolute Gasteiger partial charge is 0.454 e. The second-order valence-electron chi connectivity index (χ2n) is 8.76. The summed E-state index contributed by atoms with van der Waals surface area (Å²) in [4.78, 5) is 39.5. The number of rotatable bonds is 4. The molecule has 3 aromatic carbocycles. The fourth-order valence-corrected chi connectivity index (χ4v) is 4.91. The first-order valence-corrected chi connectivity index (χ1v) is 12.0. The quantitative estimate of drug-likeness (QED) is 0.409. The molecule has 0 fully saturated rings. The summed E-state index contributed by atoms with van der Waals surface area (Å²) in [6, 6.07) is 17.2. The summed E-state index contributed by atoms with van der Waals surface area (Å²) in [6.45, 7) is 1.65. The Morgan fingerprint density at radius 1 is 1.03 bits per heavy atom. The Kier molecular flexibility index (Phi) is 5.54. The highest BCUT2D eigenvalue weighted by Gasteiger charge is 2.33. The fourth-order valence-electron chi connectivity index (χ4n) is 4.69. The lowest BCUT2D eigenvalue weighted by molar-refractivity contribution is -0.116. The first kappa shape index (κ1) is 23.6. The van der Waals surface area contributed by atoms with Crippen LogP contribution in [0.25, 0.3) is 16.9 Å². The van der Waals surface area contributed by atoms with Crippen LogP contribution in [0.3, 0.4) is 0 Å². The van der Waals surface area contributed by atoms with Gasteiger partial charge in [0.1, 0.15) is 0 Å². The Morgan fingerprint density at radius 2 is 1.82 bits per heavy atom. The zero-order chi connectivity index (χ0) is 26.6. The number of ether oxygens (including phenoxy) is 2. The molecule has 2 aliphatic heterocycles. The second kappa shape index (κ2) is 8.93. The van der Waals surface area contributed by atoms with Crippen molar-refractivity contribution in [3.63, 3.8) is 0 Å². The van der Waals surface area contributed by atoms with Gasteiger partial charge in [0.05, 0.1) is 34.2 Å². The molecule has 2 aliphatic rings. The van der Waals surface area contributed by atoms with Crippen molar-refractivity contribution in [2.75, 3.05) is 17.0 Å². The van der Waals surface area contributed by atoms with E-state index in [1.807, 2.05) is 0 Å². The number of carbonyl (C=O) groups excluding carboxylic acids is 3. The van der Waals surface area contributed by atoms with Crippen LogP contribution in [0.5, 0.6) is 11.5 Å². The number of anilines is 2. The van der Waals surface area contributed by atoms with Crippen molar-refractivity contribution in [2.45, 2.75) is 13.5 Å². The lowest BCUT2D eigenvalue weighted by Gasteiger charge is -2.30. The van der Waals surface area contributed by atoms with Crippen LogP contribution in [0.1, 0.15) is 33.3 Å². The minimum atomic E-state index is -0.726. The lowest BCUT2D eigenvalue weighted by atomic mass is 9.96. The Morgan fingerprint density at radius 3 is 2.58 bits per heavy atom. The molecule has 1 aromatic heterocycles. The van der Waals surface area contributed by atoms with Gasteiger partial charge in [0.2, 0.25) is 12.7 Å². The van der Waals surface area contributed by atoms with Crippen molar-refractivity contribution in [1.29, 1.82) is 0 Å². The van der Waals surface area contributed by atoms with Crippen molar-refractivity contribution in [3.8, 4) is 28.4 Å². The van der Waals surface area contributed by atoms with Crippen molar-refractivity contribution in [2.24, 2.45) is 5.73 Å². The first-order valence-electron chi connectivity index (χ1n) is 11.6. The molecular formula is C27H20ClN5O5. The summed E-state index contributed by atoms with van der Waals surface area (Å²) in [5, 5.41) is 7.71. The molecule has 11 heteroatoms. The van der Waals surface area contributed by atoms with E-state index in [0.717, 1.165) is 0 Å². The van der Waals surface area contributed by atoms with Gasteiger partial charge >= 0.3 is 0 Å². The molecule has 0 spiro atoms. The Balaban J connectivity index is 1.51. The van der Waals surface area contributed by atoms with E-state index in [4.69, 9.17) is 26.8 Å². The average Bonchev–Trinajstić information content (AvgIpc) is 3.52. The van der Waals surface area contributed by atoms with Crippen LogP contribution in [-0.2, 0) is 11.3 Å². The van der Waals surface area contributed by atoms with Gasteiger partial charge in [-0.25, -0.2) is 4.68 Å². The van der Waals surface area contributed by atoms with Gasteiger partial charge in [-0.15, -0.1) is 0 Å². The first-order chi connectivity index (χ1) is 18.3. The minimum absolute atomic E-state index is 0.0417. The average molecular weight is 530 g/mol. The van der Waals surface area contributed by atoms with Gasteiger partial charge in [-0.05, 0) is 42.5 Å². The fraction of sp³-hybridized carbons (Fsp3) is 0.111. The van der Waals surface area contributed by atoms with E-state index >= 15 is 0 Å². The topological polar surface area (TPSA) is 129 Å². The number of nitrogens with one attached hydrogen (secondary N) is 1. The third kappa shape index (κ3) is 3.82. The molecule has 0 unspecified atom stereocenters. The highest BCUT2D eigenvalue weighted by atomic mass is 35.5. The molecule has 190 valence electrons. The van der Waals surface area contributed by atoms with E-state index in [-0.39, 0.29) is 24.9 Å². The summed E-state index contributed by atoms with van der Waals surface area (Å²) in [5.41, 5.74) is 9.37. The van der Waals surface area contributed by atoms with Crippen LogP contribution in [0, 0.1) is 0 Å². The number of hydrogen-bond acceptors (Lipinski definition) is 6. The number of benzene rings is 3. The molecule has 0 saturated carbocycles. The van der Waals surface area contributed by atoms with Gasteiger partial charge in [-0.1, -0.05) is 23.7 Å². The molecule has 0 atom stereocenters. The van der Waals surface area contributed by atoms with E-state index in [0.29, 0.717) is 56.0 Å². The number of halogens is 1. The van der Waals surface area contributed by atoms with E-state index in [1.54, 1.807) is 65.3 Å². The van der Waals surface area contributed by atoms with Gasteiger partial charge in [0.25, 0.3) is 11.8 Å². The molecule has 38 heavy (non-hydrogen) atoms. The number of amides is 3. The van der Waals surface area contributed by atoms with Crippen LogP contribution in [-0.4, -0.2) is 34.3 Å². The van der Waals surface area contributed by atoms with Crippen molar-refractivity contribution in [3.05, 3.63) is 82.5 Å². The van der Waals surface area contributed by atoms with E-state index in [1.165, 1.54) is 11.8 Å². The smallest absolute Gasteiger partial charge is 0.269 e. The molecule has 0 bridgehead atoms. The summed E-state index contributed by atoms with van der Waals surface area (Å²) < 4.78 is 12.5. The van der Waals surface area contributed by atoms with E-state index in [9.17, 15) is 14.4 Å². The van der Waals surface area contributed by atoms with Gasteiger partial charge in [-0.2, -0.15) is 5.10 Å². The third-order valence-corrected chi connectivity index (χ3v) is 6.76. The van der Waals surface area contributed by atoms with Crippen molar-refractivity contribution in [1.82, 2.24) is 9.78 Å². The molecule has 0 saturated heterocycles. The number of nitrogens with zero attached hydrogens (tertiary/aromatic N) is 3. The van der Waals surface area contributed by atoms with Crippen molar-refractivity contribution >= 4 is 40.7 Å². The highest BCUT2D eigenvalue weighted by molar-refractivity contribution is 6.34. The van der Waals surface area contributed by atoms with Gasteiger partial charge < -0.3 is 25.4 Å². The number of hydrogen-bond donors (Lipinski definition) is 2. The standard InChI is InChI=1S/C27H20ClN5O5/c1-14(34)32-12-19-24(26(29)35)31-33(16-7-9-22-23(11-16)38-13-37-22)25(19)18-10-15(6-8-21(18)32)30-27(36)17-4-2-3-5-20(17)28/h2-11H,12-13H2,1H3,(H2,29,35)(H,30,36). The lowest BCUT2D eigenvalue weighted by Crippen LogP contribution is -2.32. The van der Waals surface area contributed by atoms with Crippen LogP contribution >= 0.6 is 11.6 Å². The summed E-state index contributed by atoms with van der Waals surface area (Å²) >= 11 is 6.20. The molecule has 10 nitrogen and oxygen atoms in total. The van der Waals surface area contributed by atoms with E-state index < -0.39 is 11.8 Å². The van der Waals surface area contributed by atoms with Gasteiger partial charge in [0.15, 0.2) is 17.2 Å². The second-order valence-corrected chi connectivity index (χ2v) is 9.17. The van der Waals surface area contributed by atoms with Gasteiger partial charge in [0, 0.05) is 29.8 Å². The highest BCUT2D eigenvalue weighted by Crippen LogP contribution is 2.44.